The summed E-state index contributed by atoms with van der Waals surface area (Å²) in [7, 11) is 0. The minimum absolute atomic E-state index is 0.202. The van der Waals surface area contributed by atoms with E-state index >= 15 is 0 Å². The van der Waals surface area contributed by atoms with Crippen molar-refractivity contribution in [2.45, 2.75) is 19.0 Å². The lowest BCUT2D eigenvalue weighted by Crippen LogP contribution is -2.21. The van der Waals surface area contributed by atoms with Gasteiger partial charge in [-0.2, -0.15) is 0 Å². The van der Waals surface area contributed by atoms with Crippen molar-refractivity contribution in [2.24, 2.45) is 0 Å². The van der Waals surface area contributed by atoms with Crippen LogP contribution >= 0.6 is 0 Å². The lowest BCUT2D eigenvalue weighted by atomic mass is 10.1. The van der Waals surface area contributed by atoms with E-state index in [1.807, 2.05) is 18.5 Å². The van der Waals surface area contributed by atoms with Crippen molar-refractivity contribution in [1.82, 2.24) is 34.4 Å². The van der Waals surface area contributed by atoms with Gasteiger partial charge in [-0.3, -0.25) is 14.9 Å². The number of imidazole rings is 1. The molecule has 4 heterocycles. The average Bonchev–Trinajstić information content (AvgIpc) is 3.52. The molecule has 1 atom stereocenters. The van der Waals surface area contributed by atoms with Crippen molar-refractivity contribution in [1.29, 1.82) is 0 Å². The Hall–Kier alpha value is -4.24. The zero-order valence-corrected chi connectivity index (χ0v) is 18.9. The second kappa shape index (κ2) is 8.84. The quantitative estimate of drug-likeness (QED) is 0.416. The highest BCUT2D eigenvalue weighted by atomic mass is 19.1. The van der Waals surface area contributed by atoms with Crippen LogP contribution in [0.25, 0.3) is 33.7 Å². The third kappa shape index (κ3) is 4.22. The van der Waals surface area contributed by atoms with Crippen molar-refractivity contribution in [3.63, 3.8) is 0 Å². The number of benzene rings is 2. The fraction of sp³-hybridized carbons (Fsp3) is 0.192. The first-order valence-corrected chi connectivity index (χ1v) is 11.5. The monoisotopic (exact) mass is 466 g/mol. The summed E-state index contributed by atoms with van der Waals surface area (Å²) in [6.07, 6.45) is 7.90. The summed E-state index contributed by atoms with van der Waals surface area (Å²) in [6, 6.07) is 14.6. The Balaban J connectivity index is 1.30. The van der Waals surface area contributed by atoms with Gasteiger partial charge in [0.1, 0.15) is 5.82 Å². The number of rotatable bonds is 5. The van der Waals surface area contributed by atoms with Gasteiger partial charge in [-0.15, -0.1) is 0 Å². The van der Waals surface area contributed by atoms with Crippen LogP contribution in [0, 0.1) is 5.82 Å². The number of aromatic nitrogens is 6. The second-order valence-electron chi connectivity index (χ2n) is 8.71. The molecule has 0 amide bonds. The molecule has 2 aromatic carbocycles. The van der Waals surface area contributed by atoms with Crippen molar-refractivity contribution in [3.8, 4) is 22.6 Å². The summed E-state index contributed by atoms with van der Waals surface area (Å²) >= 11 is 0. The number of nitrogen functional groups attached to an aromatic ring is 1. The average molecular weight is 467 g/mol. The number of hydrogen-bond acceptors (Lipinski definition) is 7. The van der Waals surface area contributed by atoms with Gasteiger partial charge in [-0.25, -0.2) is 19.3 Å². The molecule has 8 nitrogen and oxygen atoms in total. The van der Waals surface area contributed by atoms with E-state index in [1.54, 1.807) is 30.7 Å². The first-order valence-electron chi connectivity index (χ1n) is 11.5. The largest absolute Gasteiger partial charge is 0.368 e. The molecule has 0 bridgehead atoms. The fourth-order valence-electron chi connectivity index (χ4n) is 4.76. The van der Waals surface area contributed by atoms with Crippen molar-refractivity contribution in [2.75, 3.05) is 18.8 Å². The van der Waals surface area contributed by atoms with Crippen LogP contribution in [0.1, 0.15) is 18.0 Å². The molecule has 9 heteroatoms. The molecule has 0 saturated carbocycles. The maximum Gasteiger partial charge on any atom is 0.220 e. The van der Waals surface area contributed by atoms with Crippen LogP contribution in [0.2, 0.25) is 0 Å². The highest BCUT2D eigenvalue weighted by Gasteiger charge is 2.28. The minimum atomic E-state index is -0.285. The van der Waals surface area contributed by atoms with Crippen LogP contribution in [0.15, 0.2) is 73.4 Å². The zero-order valence-electron chi connectivity index (χ0n) is 18.9. The van der Waals surface area contributed by atoms with Crippen molar-refractivity contribution >= 4 is 17.0 Å². The van der Waals surface area contributed by atoms with Crippen LogP contribution in [0.5, 0.6) is 0 Å². The van der Waals surface area contributed by atoms with Gasteiger partial charge in [0.15, 0.2) is 0 Å². The molecule has 1 aliphatic heterocycles. The number of nitrogens with zero attached hydrogens (tertiary/aromatic N) is 7. The van der Waals surface area contributed by atoms with E-state index in [-0.39, 0.29) is 17.8 Å². The van der Waals surface area contributed by atoms with Gasteiger partial charge < -0.3 is 10.3 Å². The van der Waals surface area contributed by atoms with E-state index in [4.69, 9.17) is 10.7 Å². The van der Waals surface area contributed by atoms with Crippen LogP contribution in [-0.2, 0) is 6.54 Å². The van der Waals surface area contributed by atoms with E-state index in [2.05, 4.69) is 41.5 Å². The first kappa shape index (κ1) is 21.3. The molecule has 0 spiro atoms. The van der Waals surface area contributed by atoms with Gasteiger partial charge in [0, 0.05) is 49.8 Å². The maximum absolute atomic E-state index is 13.6. The Bertz CT molecular complexity index is 1500. The molecule has 5 aromatic rings. The molecule has 35 heavy (non-hydrogen) atoms. The summed E-state index contributed by atoms with van der Waals surface area (Å²) in [5.41, 5.74) is 12.0. The normalized spacial score (nSPS) is 16.2. The van der Waals surface area contributed by atoms with Crippen LogP contribution in [0.3, 0.4) is 0 Å². The first-order chi connectivity index (χ1) is 17.1. The number of fused-ring (bicyclic) bond motifs is 1. The Kier molecular flexibility index (Phi) is 5.38. The zero-order chi connectivity index (χ0) is 23.8. The molecule has 3 aromatic heterocycles. The van der Waals surface area contributed by atoms with E-state index in [0.29, 0.717) is 5.69 Å². The fourth-order valence-corrected chi connectivity index (χ4v) is 4.76. The summed E-state index contributed by atoms with van der Waals surface area (Å²) in [5.74, 6) is -0.0834. The Labute approximate surface area is 201 Å². The smallest absolute Gasteiger partial charge is 0.220 e. The van der Waals surface area contributed by atoms with E-state index in [9.17, 15) is 4.39 Å². The highest BCUT2D eigenvalue weighted by molar-refractivity contribution is 5.77. The van der Waals surface area contributed by atoms with E-state index < -0.39 is 0 Å². The molecule has 1 aliphatic rings. The molecule has 174 valence electrons. The van der Waals surface area contributed by atoms with Gasteiger partial charge in [-0.05, 0) is 54.4 Å². The molecule has 1 unspecified atom stereocenters. The van der Waals surface area contributed by atoms with Crippen LogP contribution < -0.4 is 5.73 Å². The predicted molar refractivity (Wildman–Crippen MR) is 132 cm³/mol. The van der Waals surface area contributed by atoms with Gasteiger partial charge in [-0.1, -0.05) is 6.07 Å². The highest BCUT2D eigenvalue weighted by Crippen LogP contribution is 2.35. The predicted octanol–water partition coefficient (Wildman–Crippen LogP) is 4.12. The van der Waals surface area contributed by atoms with Crippen LogP contribution in [0.4, 0.5) is 10.3 Å². The standard InChI is InChI=1S/C26H23FN8/c27-19-4-2-18(3-5-19)24-25(22-7-9-31-26(28)33-22)35(16-32-24)20-8-12-34(15-20)14-17-1-6-21-23(13-17)30-11-10-29-21/h1-7,9-11,13,16,20H,8,12,14-15H2,(H2,28,31,33). The number of halogens is 1. The molecule has 1 fully saturated rings. The number of anilines is 1. The third-order valence-electron chi connectivity index (χ3n) is 6.41. The van der Waals surface area contributed by atoms with Gasteiger partial charge >= 0.3 is 0 Å². The Morgan fingerprint density at radius 3 is 2.57 bits per heavy atom. The summed E-state index contributed by atoms with van der Waals surface area (Å²) in [5, 5.41) is 0. The maximum atomic E-state index is 13.6. The lowest BCUT2D eigenvalue weighted by molar-refractivity contribution is 0.316. The number of nitrogens with two attached hydrogens (primary N) is 1. The number of hydrogen-bond donors (Lipinski definition) is 1. The topological polar surface area (TPSA) is 98.6 Å². The third-order valence-corrected chi connectivity index (χ3v) is 6.41. The Morgan fingerprint density at radius 1 is 0.914 bits per heavy atom. The van der Waals surface area contributed by atoms with Crippen molar-refractivity contribution in [3.05, 3.63) is 84.8 Å². The molecule has 1 saturated heterocycles. The van der Waals surface area contributed by atoms with E-state index in [0.717, 1.165) is 54.0 Å². The summed E-state index contributed by atoms with van der Waals surface area (Å²) in [6.45, 7) is 2.65. The molecule has 2 N–H and O–H groups in total. The SMILES string of the molecule is Nc1nccc(-c2c(-c3ccc(F)cc3)ncn2C2CCN(Cc3ccc4nccnc4c3)C2)n1. The molecule has 6 rings (SSSR count). The molecule has 0 radical (unpaired) electrons. The van der Waals surface area contributed by atoms with Gasteiger partial charge in [0.05, 0.1) is 34.4 Å². The van der Waals surface area contributed by atoms with E-state index in [1.165, 1.54) is 17.7 Å². The van der Waals surface area contributed by atoms with Crippen LogP contribution in [-0.4, -0.2) is 47.5 Å². The van der Waals surface area contributed by atoms with Crippen molar-refractivity contribution < 1.29 is 4.39 Å². The van der Waals surface area contributed by atoms with Gasteiger partial charge in [0.25, 0.3) is 0 Å². The molecular formula is C26H23FN8. The number of likely N-dealkylation sites (tertiary alicyclic amines) is 1. The Morgan fingerprint density at radius 2 is 1.74 bits per heavy atom. The summed E-state index contributed by atoms with van der Waals surface area (Å²) < 4.78 is 15.7. The summed E-state index contributed by atoms with van der Waals surface area (Å²) in [4.78, 5) is 24.4. The van der Waals surface area contributed by atoms with Gasteiger partial charge in [0.2, 0.25) is 5.95 Å². The lowest BCUT2D eigenvalue weighted by Gasteiger charge is -2.19. The second-order valence-corrected chi connectivity index (χ2v) is 8.71. The molecule has 0 aliphatic carbocycles. The minimum Gasteiger partial charge on any atom is -0.368 e. The molecular weight excluding hydrogens is 443 g/mol.